The summed E-state index contributed by atoms with van der Waals surface area (Å²) in [6.07, 6.45) is 1.25. The lowest BCUT2D eigenvalue weighted by Gasteiger charge is -2.27. The molecule has 0 bridgehead atoms. The highest BCUT2D eigenvalue weighted by molar-refractivity contribution is 7.99. The number of rotatable bonds is 5. The van der Waals surface area contributed by atoms with Gasteiger partial charge >= 0.3 is 0 Å². The summed E-state index contributed by atoms with van der Waals surface area (Å²) in [6, 6.07) is 6.15. The van der Waals surface area contributed by atoms with Crippen LogP contribution in [0.3, 0.4) is 0 Å². The van der Waals surface area contributed by atoms with Crippen molar-refractivity contribution in [2.24, 2.45) is 5.73 Å². The Balaban J connectivity index is 1.63. The van der Waals surface area contributed by atoms with E-state index in [0.717, 1.165) is 43.7 Å². The van der Waals surface area contributed by atoms with Gasteiger partial charge < -0.3 is 15.8 Å². The van der Waals surface area contributed by atoms with Crippen LogP contribution in [0.1, 0.15) is 24.0 Å². The van der Waals surface area contributed by atoms with Gasteiger partial charge in [-0.25, -0.2) is 0 Å². The Hall–Kier alpha value is -1.08. The van der Waals surface area contributed by atoms with Crippen LogP contribution in [0, 0.1) is 6.92 Å². The number of hydrogen-bond donors (Lipinski definition) is 2. The minimum Gasteiger partial charge on any atom is -0.364 e. The fourth-order valence-corrected chi connectivity index (χ4v) is 4.25. The lowest BCUT2D eigenvalue weighted by molar-refractivity contribution is -0.126. The number of anilines is 1. The third-order valence-electron chi connectivity index (χ3n) is 4.86. The standard InChI is InChI=1S/C18H27N3O2S/c1-13-14(12-21-7-9-24-10-8-21)3-2-4-16(13)20-18(22)17-6-5-15(11-19)23-17/h2-4,15,17H,5-12,19H2,1H3,(H,20,22)/t15-,17+/m1/s1. The summed E-state index contributed by atoms with van der Waals surface area (Å²) in [5, 5.41) is 3.05. The second-order valence-corrected chi connectivity index (χ2v) is 7.75. The van der Waals surface area contributed by atoms with Gasteiger partial charge in [-0.1, -0.05) is 12.1 Å². The first-order valence-corrected chi connectivity index (χ1v) is 9.88. The van der Waals surface area contributed by atoms with E-state index in [1.807, 2.05) is 23.9 Å². The van der Waals surface area contributed by atoms with Gasteiger partial charge in [0.1, 0.15) is 6.10 Å². The first kappa shape index (κ1) is 17.7. The number of carbonyl (C=O) groups excluding carboxylic acids is 1. The van der Waals surface area contributed by atoms with Crippen LogP contribution >= 0.6 is 11.8 Å². The number of carbonyl (C=O) groups is 1. The van der Waals surface area contributed by atoms with Gasteiger partial charge in [0.05, 0.1) is 6.10 Å². The molecule has 6 heteroatoms. The molecular formula is C18H27N3O2S. The normalized spacial score (nSPS) is 24.9. The van der Waals surface area contributed by atoms with E-state index in [4.69, 9.17) is 10.5 Å². The van der Waals surface area contributed by atoms with Gasteiger partial charge in [0.15, 0.2) is 0 Å². The van der Waals surface area contributed by atoms with Gasteiger partial charge in [0.2, 0.25) is 0 Å². The number of benzene rings is 1. The lowest BCUT2D eigenvalue weighted by atomic mass is 10.1. The number of amides is 1. The van der Waals surface area contributed by atoms with Crippen LogP contribution < -0.4 is 11.1 Å². The summed E-state index contributed by atoms with van der Waals surface area (Å²) in [5.41, 5.74) is 8.95. The van der Waals surface area contributed by atoms with Gasteiger partial charge in [-0.2, -0.15) is 11.8 Å². The Morgan fingerprint density at radius 3 is 2.88 bits per heavy atom. The summed E-state index contributed by atoms with van der Waals surface area (Å²) in [6.45, 7) is 5.79. The van der Waals surface area contributed by atoms with Crippen molar-refractivity contribution in [1.29, 1.82) is 0 Å². The molecule has 24 heavy (non-hydrogen) atoms. The van der Waals surface area contributed by atoms with Gasteiger partial charge in [-0.05, 0) is 37.0 Å². The van der Waals surface area contributed by atoms with Crippen molar-refractivity contribution in [3.05, 3.63) is 29.3 Å². The Morgan fingerprint density at radius 2 is 2.17 bits per heavy atom. The van der Waals surface area contributed by atoms with Gasteiger partial charge in [0.25, 0.3) is 5.91 Å². The maximum Gasteiger partial charge on any atom is 0.253 e. The number of hydrogen-bond acceptors (Lipinski definition) is 5. The van der Waals surface area contributed by atoms with Gasteiger partial charge in [-0.15, -0.1) is 0 Å². The topological polar surface area (TPSA) is 67.6 Å². The molecule has 2 saturated heterocycles. The summed E-state index contributed by atoms with van der Waals surface area (Å²) >= 11 is 2.02. The third kappa shape index (κ3) is 4.30. The van der Waals surface area contributed by atoms with E-state index in [1.165, 1.54) is 17.1 Å². The number of ether oxygens (including phenoxy) is 1. The molecule has 1 amide bonds. The maximum absolute atomic E-state index is 12.4. The summed E-state index contributed by atoms with van der Waals surface area (Å²) < 4.78 is 5.69. The molecule has 2 aliphatic heterocycles. The molecule has 132 valence electrons. The molecule has 3 N–H and O–H groups in total. The average Bonchev–Trinajstić information content (AvgIpc) is 3.09. The monoisotopic (exact) mass is 349 g/mol. The van der Waals surface area contributed by atoms with Crippen LogP contribution in [0.5, 0.6) is 0 Å². The predicted octanol–water partition coefficient (Wildman–Crippen LogP) is 1.99. The molecule has 2 heterocycles. The zero-order valence-corrected chi connectivity index (χ0v) is 15.1. The number of thioether (sulfide) groups is 1. The van der Waals surface area contributed by atoms with Crippen molar-refractivity contribution >= 4 is 23.4 Å². The number of nitrogens with two attached hydrogens (primary N) is 1. The van der Waals surface area contributed by atoms with E-state index in [2.05, 4.69) is 23.2 Å². The molecule has 0 unspecified atom stereocenters. The zero-order chi connectivity index (χ0) is 16.9. The first-order valence-electron chi connectivity index (χ1n) is 8.72. The highest BCUT2D eigenvalue weighted by Gasteiger charge is 2.30. The van der Waals surface area contributed by atoms with Crippen molar-refractivity contribution in [1.82, 2.24) is 4.90 Å². The number of nitrogens with zero attached hydrogens (tertiary/aromatic N) is 1. The Kier molecular flexibility index (Phi) is 6.16. The first-order chi connectivity index (χ1) is 11.7. The van der Waals surface area contributed by atoms with Crippen LogP contribution in [0.25, 0.3) is 0 Å². The third-order valence-corrected chi connectivity index (χ3v) is 5.81. The molecular weight excluding hydrogens is 322 g/mol. The van der Waals surface area contributed by atoms with E-state index in [-0.39, 0.29) is 18.1 Å². The molecule has 3 rings (SSSR count). The van der Waals surface area contributed by atoms with E-state index in [9.17, 15) is 4.79 Å². The zero-order valence-electron chi connectivity index (χ0n) is 14.3. The van der Waals surface area contributed by atoms with Gasteiger partial charge in [0, 0.05) is 43.4 Å². The molecule has 0 spiro atoms. The van der Waals surface area contributed by atoms with Crippen molar-refractivity contribution in [3.63, 3.8) is 0 Å². The van der Waals surface area contributed by atoms with E-state index >= 15 is 0 Å². The highest BCUT2D eigenvalue weighted by Crippen LogP contribution is 2.24. The lowest BCUT2D eigenvalue weighted by Crippen LogP contribution is -2.32. The Labute approximate surface area is 148 Å². The van der Waals surface area contributed by atoms with Crippen molar-refractivity contribution in [3.8, 4) is 0 Å². The fraction of sp³-hybridized carbons (Fsp3) is 0.611. The molecule has 2 fully saturated rings. The van der Waals surface area contributed by atoms with Crippen LogP contribution in [0.2, 0.25) is 0 Å². The highest BCUT2D eigenvalue weighted by atomic mass is 32.2. The fourth-order valence-electron chi connectivity index (χ4n) is 3.28. The van der Waals surface area contributed by atoms with Crippen molar-refractivity contribution in [2.75, 3.05) is 36.5 Å². The second kappa shape index (κ2) is 8.34. The second-order valence-electron chi connectivity index (χ2n) is 6.53. The Bertz CT molecular complexity index is 575. The van der Waals surface area contributed by atoms with E-state index < -0.39 is 0 Å². The molecule has 0 aromatic heterocycles. The molecule has 0 saturated carbocycles. The van der Waals surface area contributed by atoms with Gasteiger partial charge in [-0.3, -0.25) is 9.69 Å². The van der Waals surface area contributed by atoms with Crippen LogP contribution in [0.4, 0.5) is 5.69 Å². The number of nitrogens with one attached hydrogen (secondary N) is 1. The molecule has 0 aliphatic carbocycles. The summed E-state index contributed by atoms with van der Waals surface area (Å²) in [7, 11) is 0. The van der Waals surface area contributed by atoms with Crippen molar-refractivity contribution < 1.29 is 9.53 Å². The smallest absolute Gasteiger partial charge is 0.253 e. The van der Waals surface area contributed by atoms with Crippen LogP contribution in [-0.2, 0) is 16.1 Å². The van der Waals surface area contributed by atoms with Crippen LogP contribution in [-0.4, -0.2) is 54.2 Å². The van der Waals surface area contributed by atoms with E-state index in [0.29, 0.717) is 6.54 Å². The molecule has 0 radical (unpaired) electrons. The minimum absolute atomic E-state index is 0.0187. The molecule has 2 aliphatic rings. The maximum atomic E-state index is 12.4. The largest absolute Gasteiger partial charge is 0.364 e. The van der Waals surface area contributed by atoms with Crippen LogP contribution in [0.15, 0.2) is 18.2 Å². The Morgan fingerprint density at radius 1 is 1.38 bits per heavy atom. The molecule has 5 nitrogen and oxygen atoms in total. The summed E-state index contributed by atoms with van der Waals surface area (Å²) in [5.74, 6) is 2.36. The quantitative estimate of drug-likeness (QED) is 0.851. The predicted molar refractivity (Wildman–Crippen MR) is 99.4 cm³/mol. The molecule has 2 atom stereocenters. The molecule has 1 aromatic rings. The SMILES string of the molecule is Cc1c(CN2CCSCC2)cccc1NC(=O)[C@@H]1CC[C@H](CN)O1. The summed E-state index contributed by atoms with van der Waals surface area (Å²) in [4.78, 5) is 14.9. The van der Waals surface area contributed by atoms with E-state index in [1.54, 1.807) is 0 Å². The van der Waals surface area contributed by atoms with Crippen molar-refractivity contribution in [2.45, 2.75) is 38.5 Å². The molecule has 1 aromatic carbocycles. The average molecular weight is 350 g/mol. The minimum atomic E-state index is -0.374.